The lowest BCUT2D eigenvalue weighted by atomic mass is 9.95. The summed E-state index contributed by atoms with van der Waals surface area (Å²) in [7, 11) is 0. The van der Waals surface area contributed by atoms with Crippen LogP contribution in [0.5, 0.6) is 0 Å². The fourth-order valence-corrected chi connectivity index (χ4v) is 4.17. The van der Waals surface area contributed by atoms with Crippen LogP contribution in [0.4, 0.5) is 4.79 Å². The van der Waals surface area contributed by atoms with Crippen LogP contribution in [-0.2, 0) is 9.53 Å². The molecule has 0 spiro atoms. The van der Waals surface area contributed by atoms with E-state index in [1.165, 1.54) is 19.3 Å². The highest BCUT2D eigenvalue weighted by molar-refractivity contribution is 9.10. The van der Waals surface area contributed by atoms with Crippen LogP contribution < -0.4 is 10.6 Å². The summed E-state index contributed by atoms with van der Waals surface area (Å²) in [6.07, 6.45) is 7.65. The first kappa shape index (κ1) is 19.0. The number of carbonyl (C=O) groups is 2. The van der Waals surface area contributed by atoms with Gasteiger partial charge in [0.1, 0.15) is 6.10 Å². The highest BCUT2D eigenvalue weighted by Gasteiger charge is 2.34. The Morgan fingerprint density at radius 2 is 1.77 bits per heavy atom. The molecule has 0 unspecified atom stereocenters. The summed E-state index contributed by atoms with van der Waals surface area (Å²) in [5, 5.41) is 5.56. The molecule has 0 aromatic heterocycles. The number of hydrogen-bond acceptors (Lipinski definition) is 3. The first-order valence-corrected chi connectivity index (χ1v) is 10.1. The third-order valence-corrected chi connectivity index (χ3v) is 5.75. The summed E-state index contributed by atoms with van der Waals surface area (Å²) in [5.41, 5.74) is 1.86. The van der Waals surface area contributed by atoms with Crippen LogP contribution in [0.1, 0.15) is 63.5 Å². The van der Waals surface area contributed by atoms with Gasteiger partial charge in [0.25, 0.3) is 0 Å². The zero-order valence-electron chi connectivity index (χ0n) is 15.0. The number of urea groups is 1. The number of benzene rings is 1. The molecule has 2 N–H and O–H groups in total. The number of rotatable bonds is 3. The molecular weight excluding hydrogens is 396 g/mol. The lowest BCUT2D eigenvalue weighted by molar-refractivity contribution is -0.145. The van der Waals surface area contributed by atoms with Crippen molar-refractivity contribution in [1.82, 2.24) is 10.6 Å². The summed E-state index contributed by atoms with van der Waals surface area (Å²) in [6.45, 7) is 1.75. The van der Waals surface area contributed by atoms with Crippen molar-refractivity contribution in [3.63, 3.8) is 0 Å². The van der Waals surface area contributed by atoms with Gasteiger partial charge in [-0.25, -0.2) is 9.59 Å². The van der Waals surface area contributed by atoms with Crippen LogP contribution in [0, 0.1) is 0 Å². The Bertz CT molecular complexity index is 709. The third kappa shape index (κ3) is 4.47. The van der Waals surface area contributed by atoms with Crippen molar-refractivity contribution in [1.29, 1.82) is 0 Å². The minimum atomic E-state index is -0.527. The molecule has 140 valence electrons. The Morgan fingerprint density at radius 1 is 1.12 bits per heavy atom. The minimum Gasteiger partial charge on any atom is -0.459 e. The van der Waals surface area contributed by atoms with Gasteiger partial charge in [0.15, 0.2) is 0 Å². The van der Waals surface area contributed by atoms with Gasteiger partial charge < -0.3 is 15.4 Å². The summed E-state index contributed by atoms with van der Waals surface area (Å²) >= 11 is 3.52. The maximum absolute atomic E-state index is 13.0. The van der Waals surface area contributed by atoms with Gasteiger partial charge in [-0.05, 0) is 44.2 Å². The number of nitrogens with one attached hydrogen (secondary N) is 2. The van der Waals surface area contributed by atoms with E-state index in [0.29, 0.717) is 11.3 Å². The van der Waals surface area contributed by atoms with Crippen molar-refractivity contribution in [2.45, 2.75) is 64.0 Å². The highest BCUT2D eigenvalue weighted by atomic mass is 79.9. The number of carbonyl (C=O) groups excluding carboxylic acids is 2. The molecule has 5 nitrogen and oxygen atoms in total. The zero-order chi connectivity index (χ0) is 18.5. The average molecular weight is 421 g/mol. The van der Waals surface area contributed by atoms with Crippen molar-refractivity contribution in [3.8, 4) is 0 Å². The molecule has 0 radical (unpaired) electrons. The molecule has 1 aromatic carbocycles. The Balaban J connectivity index is 1.83. The van der Waals surface area contributed by atoms with E-state index in [1.807, 2.05) is 24.3 Å². The molecule has 0 saturated heterocycles. The molecule has 1 aromatic rings. The van der Waals surface area contributed by atoms with E-state index in [9.17, 15) is 9.59 Å². The molecule has 1 aliphatic carbocycles. The Labute approximate surface area is 162 Å². The van der Waals surface area contributed by atoms with Crippen LogP contribution in [0.25, 0.3) is 0 Å². The molecule has 1 saturated carbocycles. The predicted octanol–water partition coefficient (Wildman–Crippen LogP) is 4.73. The van der Waals surface area contributed by atoms with Gasteiger partial charge in [-0.1, -0.05) is 53.4 Å². The van der Waals surface area contributed by atoms with Gasteiger partial charge in [0, 0.05) is 10.2 Å². The predicted molar refractivity (Wildman–Crippen MR) is 103 cm³/mol. The van der Waals surface area contributed by atoms with Gasteiger partial charge in [0.2, 0.25) is 0 Å². The van der Waals surface area contributed by atoms with Crippen LogP contribution in [-0.4, -0.2) is 18.1 Å². The second-order valence-corrected chi connectivity index (χ2v) is 7.82. The lowest BCUT2D eigenvalue weighted by Gasteiger charge is -2.30. The smallest absolute Gasteiger partial charge is 0.338 e. The van der Waals surface area contributed by atoms with Crippen LogP contribution in [0.2, 0.25) is 0 Å². The second-order valence-electron chi connectivity index (χ2n) is 6.96. The normalized spacial score (nSPS) is 22.1. The van der Waals surface area contributed by atoms with Crippen LogP contribution in [0.15, 0.2) is 40.0 Å². The molecule has 3 rings (SSSR count). The maximum atomic E-state index is 13.0. The van der Waals surface area contributed by atoms with E-state index in [0.717, 1.165) is 35.7 Å². The number of hydrogen-bond donors (Lipinski definition) is 2. The Morgan fingerprint density at radius 3 is 2.46 bits per heavy atom. The fourth-order valence-electron chi connectivity index (χ4n) is 3.66. The van der Waals surface area contributed by atoms with E-state index < -0.39 is 6.04 Å². The summed E-state index contributed by atoms with van der Waals surface area (Å²) < 4.78 is 6.70. The zero-order valence-corrected chi connectivity index (χ0v) is 16.6. The van der Waals surface area contributed by atoms with E-state index in [2.05, 4.69) is 26.6 Å². The molecule has 6 heteroatoms. The molecule has 26 heavy (non-hydrogen) atoms. The van der Waals surface area contributed by atoms with Crippen molar-refractivity contribution in [3.05, 3.63) is 45.6 Å². The summed E-state index contributed by atoms with van der Waals surface area (Å²) in [5.74, 6) is -0.346. The van der Waals surface area contributed by atoms with Crippen molar-refractivity contribution < 1.29 is 14.3 Å². The fraction of sp³-hybridized carbons (Fsp3) is 0.500. The molecule has 1 atom stereocenters. The highest BCUT2D eigenvalue weighted by Crippen LogP contribution is 2.33. The molecule has 2 amide bonds. The number of amides is 2. The molecule has 2 aliphatic rings. The number of allylic oxidation sites excluding steroid dienone is 1. The lowest BCUT2D eigenvalue weighted by Crippen LogP contribution is -2.45. The third-order valence-electron chi connectivity index (χ3n) is 5.03. The van der Waals surface area contributed by atoms with Crippen molar-refractivity contribution in [2.75, 3.05) is 0 Å². The van der Waals surface area contributed by atoms with Crippen molar-refractivity contribution in [2.24, 2.45) is 0 Å². The van der Waals surface area contributed by atoms with E-state index in [-0.39, 0.29) is 18.1 Å². The minimum absolute atomic E-state index is 0.0411. The van der Waals surface area contributed by atoms with E-state index >= 15 is 0 Å². The van der Waals surface area contributed by atoms with Crippen LogP contribution in [0.3, 0.4) is 0 Å². The van der Waals surface area contributed by atoms with Gasteiger partial charge in [0.05, 0.1) is 11.6 Å². The van der Waals surface area contributed by atoms with Crippen molar-refractivity contribution >= 4 is 27.9 Å². The molecular formula is C20H25BrN2O3. The molecule has 0 bridgehead atoms. The quantitative estimate of drug-likeness (QED) is 0.694. The van der Waals surface area contributed by atoms with Gasteiger partial charge in [-0.15, -0.1) is 0 Å². The van der Waals surface area contributed by atoms with Gasteiger partial charge >= 0.3 is 12.0 Å². The van der Waals surface area contributed by atoms with Gasteiger partial charge in [-0.2, -0.15) is 0 Å². The SMILES string of the molecule is CC1=C(C(=O)OC2CCCCCCC2)[C@H](c2ccccc2Br)NC(=O)N1. The summed E-state index contributed by atoms with van der Waals surface area (Å²) in [4.78, 5) is 25.0. The first-order chi connectivity index (χ1) is 12.6. The molecule has 1 heterocycles. The molecule has 1 aliphatic heterocycles. The standard InChI is InChI=1S/C20H25BrN2O3/c1-13-17(19(24)26-14-9-5-3-2-4-6-10-14)18(23-20(25)22-13)15-11-7-8-12-16(15)21/h7-8,11-12,14,18H,2-6,9-10H2,1H3,(H2,22,23,25)/t18-/m0/s1. The number of ether oxygens (including phenoxy) is 1. The second kappa shape index (κ2) is 8.71. The first-order valence-electron chi connectivity index (χ1n) is 9.30. The van der Waals surface area contributed by atoms with Crippen LogP contribution >= 0.6 is 15.9 Å². The largest absolute Gasteiger partial charge is 0.459 e. The average Bonchev–Trinajstić information content (AvgIpc) is 2.56. The van der Waals surface area contributed by atoms with Gasteiger partial charge in [-0.3, -0.25) is 0 Å². The number of esters is 1. The topological polar surface area (TPSA) is 67.4 Å². The molecule has 1 fully saturated rings. The Hall–Kier alpha value is -1.82. The maximum Gasteiger partial charge on any atom is 0.338 e. The summed E-state index contributed by atoms with van der Waals surface area (Å²) in [6, 6.07) is 6.75. The van der Waals surface area contributed by atoms with E-state index in [4.69, 9.17) is 4.74 Å². The monoisotopic (exact) mass is 420 g/mol. The number of halogens is 1. The Kier molecular flexibility index (Phi) is 6.35. The van der Waals surface area contributed by atoms with E-state index in [1.54, 1.807) is 6.92 Å².